The van der Waals surface area contributed by atoms with E-state index in [0.29, 0.717) is 11.9 Å². The van der Waals surface area contributed by atoms with Crippen molar-refractivity contribution in [2.45, 2.75) is 19.4 Å². The van der Waals surface area contributed by atoms with Crippen LogP contribution >= 0.6 is 15.9 Å². The molecule has 4 nitrogen and oxygen atoms in total. The Hall–Kier alpha value is -0.680. The van der Waals surface area contributed by atoms with Crippen molar-refractivity contribution in [2.24, 2.45) is 5.92 Å². The number of hydrogen-bond donors (Lipinski definition) is 0. The Kier molecular flexibility index (Phi) is 3.76. The number of aromatic nitrogens is 2. The zero-order valence-corrected chi connectivity index (χ0v) is 11.1. The third kappa shape index (κ3) is 2.92. The van der Waals surface area contributed by atoms with Crippen molar-refractivity contribution in [3.63, 3.8) is 0 Å². The lowest BCUT2D eigenvalue weighted by Crippen LogP contribution is -2.26. The first kappa shape index (κ1) is 11.8. The maximum Gasteiger partial charge on any atom is 0.316 e. The van der Waals surface area contributed by atoms with Crippen LogP contribution in [0.3, 0.4) is 0 Å². The molecule has 0 radical (unpaired) electrons. The molecule has 5 heteroatoms. The van der Waals surface area contributed by atoms with Gasteiger partial charge in [-0.2, -0.15) is 0 Å². The van der Waals surface area contributed by atoms with Crippen molar-refractivity contribution in [1.82, 2.24) is 14.9 Å². The Balaban J connectivity index is 1.91. The Labute approximate surface area is 104 Å². The number of nitrogens with zero attached hydrogens (tertiary/aromatic N) is 3. The van der Waals surface area contributed by atoms with Gasteiger partial charge in [0, 0.05) is 24.9 Å². The Morgan fingerprint density at radius 1 is 1.50 bits per heavy atom. The molecule has 1 aromatic heterocycles. The minimum absolute atomic E-state index is 0.172. The van der Waals surface area contributed by atoms with Gasteiger partial charge in [-0.05, 0) is 42.9 Å². The summed E-state index contributed by atoms with van der Waals surface area (Å²) < 4.78 is 6.60. The van der Waals surface area contributed by atoms with Gasteiger partial charge < -0.3 is 9.64 Å². The van der Waals surface area contributed by atoms with E-state index in [1.807, 2.05) is 0 Å². The van der Waals surface area contributed by atoms with E-state index in [2.05, 4.69) is 44.8 Å². The van der Waals surface area contributed by atoms with Gasteiger partial charge in [-0.15, -0.1) is 0 Å². The average Bonchev–Trinajstić information content (AvgIpc) is 2.68. The highest BCUT2D eigenvalue weighted by Gasteiger charge is 2.26. The lowest BCUT2D eigenvalue weighted by atomic mass is 10.0. The molecule has 1 aliphatic heterocycles. The molecule has 2 atom stereocenters. The molecule has 0 unspecified atom stereocenters. The molecule has 1 aliphatic rings. The van der Waals surface area contributed by atoms with Crippen molar-refractivity contribution < 1.29 is 4.74 Å². The second-order valence-electron chi connectivity index (χ2n) is 4.32. The van der Waals surface area contributed by atoms with E-state index < -0.39 is 0 Å². The fraction of sp³-hybridized carbons (Fsp3) is 0.636. The highest BCUT2D eigenvalue weighted by atomic mass is 79.9. The zero-order valence-electron chi connectivity index (χ0n) is 9.56. The van der Waals surface area contributed by atoms with Gasteiger partial charge in [0.25, 0.3) is 0 Å². The molecule has 1 saturated heterocycles. The summed E-state index contributed by atoms with van der Waals surface area (Å²) in [6.07, 6.45) is 4.77. The van der Waals surface area contributed by atoms with E-state index in [1.165, 1.54) is 6.42 Å². The molecule has 0 N–H and O–H groups in total. The fourth-order valence-corrected chi connectivity index (χ4v) is 2.18. The molecule has 0 aromatic carbocycles. The molecule has 0 spiro atoms. The van der Waals surface area contributed by atoms with Gasteiger partial charge in [0.2, 0.25) is 0 Å². The number of rotatable bonds is 3. The summed E-state index contributed by atoms with van der Waals surface area (Å²) in [6.45, 7) is 4.34. The molecular weight excluding hydrogens is 270 g/mol. The fourth-order valence-electron chi connectivity index (χ4n) is 1.98. The summed E-state index contributed by atoms with van der Waals surface area (Å²) in [5.41, 5.74) is 0. The van der Waals surface area contributed by atoms with Crippen molar-refractivity contribution in [1.29, 1.82) is 0 Å². The van der Waals surface area contributed by atoms with Gasteiger partial charge in [-0.1, -0.05) is 0 Å². The zero-order chi connectivity index (χ0) is 11.5. The Bertz CT molecular complexity index is 344. The minimum Gasteiger partial charge on any atom is -0.460 e. The first-order valence-electron chi connectivity index (χ1n) is 5.48. The quantitative estimate of drug-likeness (QED) is 0.851. The molecule has 88 valence electrons. The number of ether oxygens (including phenoxy) is 1. The predicted molar refractivity (Wildman–Crippen MR) is 65.4 cm³/mol. The van der Waals surface area contributed by atoms with Crippen molar-refractivity contribution >= 4 is 15.9 Å². The normalized spacial score (nSPS) is 23.3. The second kappa shape index (κ2) is 5.10. The van der Waals surface area contributed by atoms with Gasteiger partial charge in [-0.25, -0.2) is 9.97 Å². The molecule has 0 saturated carbocycles. The van der Waals surface area contributed by atoms with Crippen LogP contribution in [0.1, 0.15) is 13.3 Å². The Morgan fingerprint density at radius 2 is 2.19 bits per heavy atom. The largest absolute Gasteiger partial charge is 0.460 e. The van der Waals surface area contributed by atoms with Crippen molar-refractivity contribution in [2.75, 3.05) is 20.1 Å². The van der Waals surface area contributed by atoms with Crippen molar-refractivity contribution in [3.05, 3.63) is 16.9 Å². The lowest BCUT2D eigenvalue weighted by molar-refractivity contribution is 0.141. The molecule has 0 bridgehead atoms. The maximum absolute atomic E-state index is 5.73. The summed E-state index contributed by atoms with van der Waals surface area (Å²) in [5, 5.41) is 0. The monoisotopic (exact) mass is 285 g/mol. The summed E-state index contributed by atoms with van der Waals surface area (Å²) in [7, 11) is 2.14. The van der Waals surface area contributed by atoms with E-state index >= 15 is 0 Å². The highest BCUT2D eigenvalue weighted by molar-refractivity contribution is 9.10. The van der Waals surface area contributed by atoms with Gasteiger partial charge in [-0.3, -0.25) is 0 Å². The van der Waals surface area contributed by atoms with Gasteiger partial charge in [0.15, 0.2) is 0 Å². The average molecular weight is 286 g/mol. The summed E-state index contributed by atoms with van der Waals surface area (Å²) in [4.78, 5) is 10.6. The number of likely N-dealkylation sites (tertiary alicyclic amines) is 1. The first-order chi connectivity index (χ1) is 7.65. The predicted octanol–water partition coefficient (Wildman–Crippen LogP) is 1.96. The molecule has 0 amide bonds. The first-order valence-corrected chi connectivity index (χ1v) is 6.27. The lowest BCUT2D eigenvalue weighted by Gasteiger charge is -2.19. The van der Waals surface area contributed by atoms with E-state index in [0.717, 1.165) is 17.6 Å². The van der Waals surface area contributed by atoms with E-state index in [4.69, 9.17) is 4.74 Å². The van der Waals surface area contributed by atoms with Crippen LogP contribution < -0.4 is 4.74 Å². The van der Waals surface area contributed by atoms with Crippen molar-refractivity contribution in [3.8, 4) is 6.01 Å². The standard InChI is InChI=1S/C11H16BrN3O/c1-8(9-3-4-15(2)7-9)16-11-13-5-10(12)6-14-11/h5-6,8-9H,3-4,7H2,1-2H3/t8-,9+/m0/s1. The SMILES string of the molecule is C[C@H](Oc1ncc(Br)cn1)[C@@H]1CCN(C)C1. The highest BCUT2D eigenvalue weighted by Crippen LogP contribution is 2.21. The minimum atomic E-state index is 0.172. The van der Waals surface area contributed by atoms with Crippen LogP contribution in [0.4, 0.5) is 0 Å². The smallest absolute Gasteiger partial charge is 0.316 e. The molecule has 2 heterocycles. The van der Waals surface area contributed by atoms with Gasteiger partial charge in [0.05, 0.1) is 4.47 Å². The molecule has 16 heavy (non-hydrogen) atoms. The molecule has 1 fully saturated rings. The third-order valence-corrected chi connectivity index (χ3v) is 3.39. The van der Waals surface area contributed by atoms with Crippen LogP contribution in [0.15, 0.2) is 16.9 Å². The van der Waals surface area contributed by atoms with Crippen LogP contribution in [0.5, 0.6) is 6.01 Å². The number of hydrogen-bond acceptors (Lipinski definition) is 4. The topological polar surface area (TPSA) is 38.3 Å². The summed E-state index contributed by atoms with van der Waals surface area (Å²) in [6, 6.07) is 0.463. The van der Waals surface area contributed by atoms with Crippen LogP contribution in [-0.4, -0.2) is 41.1 Å². The van der Waals surface area contributed by atoms with Crippen LogP contribution in [0.25, 0.3) is 0 Å². The van der Waals surface area contributed by atoms with Crippen LogP contribution in [0.2, 0.25) is 0 Å². The second-order valence-corrected chi connectivity index (χ2v) is 5.23. The van der Waals surface area contributed by atoms with Crippen LogP contribution in [-0.2, 0) is 0 Å². The van der Waals surface area contributed by atoms with Gasteiger partial charge in [0.1, 0.15) is 6.10 Å². The van der Waals surface area contributed by atoms with Gasteiger partial charge >= 0.3 is 6.01 Å². The maximum atomic E-state index is 5.73. The molecule has 1 aromatic rings. The van der Waals surface area contributed by atoms with Crippen LogP contribution in [0, 0.1) is 5.92 Å². The van der Waals surface area contributed by atoms with E-state index in [1.54, 1.807) is 12.4 Å². The molecular formula is C11H16BrN3O. The number of halogens is 1. The molecule has 2 rings (SSSR count). The summed E-state index contributed by atoms with van der Waals surface area (Å²) in [5.74, 6) is 0.581. The van der Waals surface area contributed by atoms with E-state index in [9.17, 15) is 0 Å². The Morgan fingerprint density at radius 3 is 2.75 bits per heavy atom. The third-order valence-electron chi connectivity index (χ3n) is 2.98. The molecule has 0 aliphatic carbocycles. The van der Waals surface area contributed by atoms with E-state index in [-0.39, 0.29) is 6.10 Å². The summed E-state index contributed by atoms with van der Waals surface area (Å²) >= 11 is 3.30.